The van der Waals surface area contributed by atoms with Crippen molar-refractivity contribution >= 4 is 29.1 Å². The van der Waals surface area contributed by atoms with Gasteiger partial charge in [0.05, 0.1) is 17.8 Å². The molecule has 22 heavy (non-hydrogen) atoms. The molecule has 0 aliphatic heterocycles. The number of carbonyl (C=O) groups is 1. The third kappa shape index (κ3) is 4.40. The predicted molar refractivity (Wildman–Crippen MR) is 83.2 cm³/mol. The maximum atomic E-state index is 11.8. The van der Waals surface area contributed by atoms with Crippen molar-refractivity contribution in [1.82, 2.24) is 5.32 Å². The molecular weight excluding hydrogens is 329 g/mol. The van der Waals surface area contributed by atoms with Crippen LogP contribution < -0.4 is 10.1 Å². The highest BCUT2D eigenvalue weighted by Crippen LogP contribution is 2.27. The van der Waals surface area contributed by atoms with Gasteiger partial charge in [-0.3, -0.25) is 4.79 Å². The van der Waals surface area contributed by atoms with Gasteiger partial charge >= 0.3 is 0 Å². The molecule has 0 saturated carbocycles. The van der Waals surface area contributed by atoms with Crippen LogP contribution in [-0.2, 0) is 10.4 Å². The molecule has 1 heterocycles. The minimum absolute atomic E-state index is 0.00292. The van der Waals surface area contributed by atoms with E-state index in [1.54, 1.807) is 31.2 Å². The molecule has 1 amide bonds. The summed E-state index contributed by atoms with van der Waals surface area (Å²) in [5.41, 5.74) is -1.29. The van der Waals surface area contributed by atoms with Crippen LogP contribution in [0.5, 0.6) is 5.75 Å². The van der Waals surface area contributed by atoms with Crippen LogP contribution in [0.1, 0.15) is 12.7 Å². The van der Waals surface area contributed by atoms with E-state index < -0.39 is 11.5 Å². The van der Waals surface area contributed by atoms with Crippen molar-refractivity contribution in [2.24, 2.45) is 0 Å². The Morgan fingerprint density at radius 2 is 2.18 bits per heavy atom. The summed E-state index contributed by atoms with van der Waals surface area (Å²) in [6.07, 6.45) is 1.46. The Labute approximate surface area is 137 Å². The normalized spacial score (nSPS) is 13.5. The fourth-order valence-corrected chi connectivity index (χ4v) is 2.19. The van der Waals surface area contributed by atoms with Crippen molar-refractivity contribution < 1.29 is 19.1 Å². The summed E-state index contributed by atoms with van der Waals surface area (Å²) in [6.45, 7) is 1.32. The molecule has 0 bridgehead atoms. The van der Waals surface area contributed by atoms with Gasteiger partial charge in [0.15, 0.2) is 6.61 Å². The van der Waals surface area contributed by atoms with E-state index in [0.29, 0.717) is 21.6 Å². The van der Waals surface area contributed by atoms with Crippen molar-refractivity contribution in [3.8, 4) is 5.75 Å². The number of ether oxygens (including phenoxy) is 1. The van der Waals surface area contributed by atoms with Crippen molar-refractivity contribution in [1.29, 1.82) is 0 Å². The SMILES string of the molecule is CC(O)(CNC(=O)COc1ccc(Cl)cc1Cl)c1ccco1. The van der Waals surface area contributed by atoms with Crippen LogP contribution in [0.4, 0.5) is 0 Å². The maximum Gasteiger partial charge on any atom is 0.258 e. The molecule has 0 aliphatic carbocycles. The molecule has 2 rings (SSSR count). The fraction of sp³-hybridized carbons (Fsp3) is 0.267. The zero-order valence-electron chi connectivity index (χ0n) is 11.8. The molecule has 0 saturated heterocycles. The minimum atomic E-state index is -1.29. The summed E-state index contributed by atoms with van der Waals surface area (Å²) in [4.78, 5) is 11.8. The molecule has 118 valence electrons. The average Bonchev–Trinajstić information content (AvgIpc) is 2.99. The molecule has 0 fully saturated rings. The van der Waals surface area contributed by atoms with E-state index in [4.69, 9.17) is 32.4 Å². The Hall–Kier alpha value is -1.69. The van der Waals surface area contributed by atoms with Gasteiger partial charge < -0.3 is 19.6 Å². The Kier molecular flexibility index (Phi) is 5.34. The molecule has 1 aromatic carbocycles. The van der Waals surface area contributed by atoms with E-state index in [-0.39, 0.29) is 13.2 Å². The lowest BCUT2D eigenvalue weighted by Crippen LogP contribution is -2.40. The topological polar surface area (TPSA) is 71.7 Å². The lowest BCUT2D eigenvalue weighted by molar-refractivity contribution is -0.124. The van der Waals surface area contributed by atoms with Gasteiger partial charge in [0.1, 0.15) is 17.1 Å². The number of aliphatic hydroxyl groups is 1. The average molecular weight is 344 g/mol. The quantitative estimate of drug-likeness (QED) is 0.845. The number of halogens is 2. The lowest BCUT2D eigenvalue weighted by Gasteiger charge is -2.21. The molecule has 0 aliphatic rings. The number of rotatable bonds is 6. The number of hydrogen-bond donors (Lipinski definition) is 2. The van der Waals surface area contributed by atoms with Crippen molar-refractivity contribution in [3.05, 3.63) is 52.4 Å². The van der Waals surface area contributed by atoms with Crippen LogP contribution in [0.2, 0.25) is 10.0 Å². The Bertz CT molecular complexity index is 641. The second-order valence-electron chi connectivity index (χ2n) is 4.89. The zero-order valence-corrected chi connectivity index (χ0v) is 13.3. The van der Waals surface area contributed by atoms with Crippen LogP contribution in [0, 0.1) is 0 Å². The van der Waals surface area contributed by atoms with Gasteiger partial charge in [0, 0.05) is 5.02 Å². The number of carbonyl (C=O) groups excluding carboxylic acids is 1. The summed E-state index contributed by atoms with van der Waals surface area (Å²) in [6, 6.07) is 8.02. The van der Waals surface area contributed by atoms with E-state index in [9.17, 15) is 9.90 Å². The lowest BCUT2D eigenvalue weighted by atomic mass is 10.0. The number of furan rings is 1. The van der Waals surface area contributed by atoms with E-state index in [1.165, 1.54) is 12.3 Å². The first-order chi connectivity index (χ1) is 10.4. The smallest absolute Gasteiger partial charge is 0.258 e. The van der Waals surface area contributed by atoms with E-state index in [2.05, 4.69) is 5.32 Å². The number of benzene rings is 1. The summed E-state index contributed by atoms with van der Waals surface area (Å²) >= 11 is 11.7. The molecule has 5 nitrogen and oxygen atoms in total. The van der Waals surface area contributed by atoms with E-state index in [1.807, 2.05) is 0 Å². The molecular formula is C15H15Cl2NO4. The third-order valence-electron chi connectivity index (χ3n) is 2.93. The van der Waals surface area contributed by atoms with Crippen LogP contribution >= 0.6 is 23.2 Å². The first-order valence-corrected chi connectivity index (χ1v) is 7.25. The predicted octanol–water partition coefficient (Wildman–Crippen LogP) is 2.99. The van der Waals surface area contributed by atoms with Crippen molar-refractivity contribution in [2.45, 2.75) is 12.5 Å². The number of hydrogen-bond acceptors (Lipinski definition) is 4. The van der Waals surface area contributed by atoms with Crippen molar-refractivity contribution in [2.75, 3.05) is 13.2 Å². The summed E-state index contributed by atoms with van der Waals surface area (Å²) in [5.74, 6) is 0.339. The van der Waals surface area contributed by atoms with Crippen LogP contribution in [0.25, 0.3) is 0 Å². The maximum absolute atomic E-state index is 11.8. The van der Waals surface area contributed by atoms with Gasteiger partial charge in [-0.05, 0) is 37.3 Å². The third-order valence-corrected chi connectivity index (χ3v) is 3.46. The van der Waals surface area contributed by atoms with Gasteiger partial charge in [-0.1, -0.05) is 23.2 Å². The highest BCUT2D eigenvalue weighted by molar-refractivity contribution is 6.35. The highest BCUT2D eigenvalue weighted by atomic mass is 35.5. The van der Waals surface area contributed by atoms with E-state index in [0.717, 1.165) is 0 Å². The van der Waals surface area contributed by atoms with Gasteiger partial charge in [-0.2, -0.15) is 0 Å². The molecule has 2 aromatic rings. The summed E-state index contributed by atoms with van der Waals surface area (Å²) in [7, 11) is 0. The standard InChI is InChI=1S/C15H15Cl2NO4/c1-15(20,13-3-2-6-21-13)9-18-14(19)8-22-12-5-4-10(16)7-11(12)17/h2-7,20H,8-9H2,1H3,(H,18,19). The van der Waals surface area contributed by atoms with Crippen molar-refractivity contribution in [3.63, 3.8) is 0 Å². The highest BCUT2D eigenvalue weighted by Gasteiger charge is 2.26. The zero-order chi connectivity index (χ0) is 16.2. The minimum Gasteiger partial charge on any atom is -0.482 e. The van der Waals surface area contributed by atoms with E-state index >= 15 is 0 Å². The van der Waals surface area contributed by atoms with Crippen LogP contribution in [0.15, 0.2) is 41.0 Å². The summed E-state index contributed by atoms with van der Waals surface area (Å²) < 4.78 is 10.4. The first-order valence-electron chi connectivity index (χ1n) is 6.49. The molecule has 1 atom stereocenters. The van der Waals surface area contributed by atoms with Crippen LogP contribution in [0.3, 0.4) is 0 Å². The molecule has 0 radical (unpaired) electrons. The van der Waals surface area contributed by atoms with Crippen LogP contribution in [-0.4, -0.2) is 24.2 Å². The second kappa shape index (κ2) is 7.05. The van der Waals surface area contributed by atoms with Gasteiger partial charge in [-0.15, -0.1) is 0 Å². The summed E-state index contributed by atoms with van der Waals surface area (Å²) in [5, 5.41) is 13.6. The first kappa shape index (κ1) is 16.7. The van der Waals surface area contributed by atoms with Gasteiger partial charge in [0.2, 0.25) is 0 Å². The second-order valence-corrected chi connectivity index (χ2v) is 5.73. The molecule has 2 N–H and O–H groups in total. The molecule has 0 spiro atoms. The Balaban J connectivity index is 1.83. The Morgan fingerprint density at radius 1 is 1.41 bits per heavy atom. The Morgan fingerprint density at radius 3 is 2.82 bits per heavy atom. The molecule has 7 heteroatoms. The number of amides is 1. The largest absolute Gasteiger partial charge is 0.482 e. The van der Waals surface area contributed by atoms with Gasteiger partial charge in [0.25, 0.3) is 5.91 Å². The monoisotopic (exact) mass is 343 g/mol. The molecule has 1 unspecified atom stereocenters. The molecule has 1 aromatic heterocycles. The van der Waals surface area contributed by atoms with Gasteiger partial charge in [-0.25, -0.2) is 0 Å². The number of nitrogens with one attached hydrogen (secondary N) is 1. The fourth-order valence-electron chi connectivity index (χ4n) is 1.73.